The van der Waals surface area contributed by atoms with Crippen molar-refractivity contribution in [3.63, 3.8) is 0 Å². The van der Waals surface area contributed by atoms with Crippen molar-refractivity contribution in [2.45, 2.75) is 18.1 Å². The van der Waals surface area contributed by atoms with Crippen LogP contribution in [0.4, 0.5) is 10.1 Å². The van der Waals surface area contributed by atoms with Gasteiger partial charge in [-0.15, -0.1) is 11.3 Å². The molecule has 0 atom stereocenters. The molecule has 0 aliphatic carbocycles. The minimum atomic E-state index is -3.73. The fourth-order valence-corrected chi connectivity index (χ4v) is 4.88. The monoisotopic (exact) mass is 393 g/mol. The summed E-state index contributed by atoms with van der Waals surface area (Å²) in [4.78, 5) is 0. The molecular formula is C13H13BrFNO3S2. The first-order valence-electron chi connectivity index (χ1n) is 6.04. The number of ether oxygens (including phenoxy) is 1. The quantitative estimate of drug-likeness (QED) is 0.829. The van der Waals surface area contributed by atoms with Gasteiger partial charge in [0.1, 0.15) is 4.21 Å². The number of rotatable bonds is 5. The van der Waals surface area contributed by atoms with Crippen LogP contribution in [0, 0.1) is 12.7 Å². The van der Waals surface area contributed by atoms with Gasteiger partial charge in [0.2, 0.25) is 0 Å². The van der Waals surface area contributed by atoms with E-state index >= 15 is 0 Å². The predicted molar refractivity (Wildman–Crippen MR) is 85.1 cm³/mol. The summed E-state index contributed by atoms with van der Waals surface area (Å²) in [6.07, 6.45) is 0. The Morgan fingerprint density at radius 3 is 2.62 bits per heavy atom. The van der Waals surface area contributed by atoms with E-state index in [0.29, 0.717) is 6.61 Å². The van der Waals surface area contributed by atoms with Crippen LogP contribution >= 0.6 is 27.3 Å². The molecule has 1 heterocycles. The molecule has 0 saturated heterocycles. The zero-order valence-electron chi connectivity index (χ0n) is 11.3. The number of halogens is 2. The molecule has 4 nitrogen and oxygen atoms in total. The van der Waals surface area contributed by atoms with E-state index in [-0.39, 0.29) is 15.6 Å². The van der Waals surface area contributed by atoms with Crippen LogP contribution in [0.1, 0.15) is 12.5 Å². The lowest BCUT2D eigenvalue weighted by molar-refractivity contribution is 0.321. The van der Waals surface area contributed by atoms with E-state index in [4.69, 9.17) is 4.74 Å². The van der Waals surface area contributed by atoms with E-state index in [9.17, 15) is 12.8 Å². The highest BCUT2D eigenvalue weighted by atomic mass is 79.9. The average Bonchev–Trinajstić information content (AvgIpc) is 2.74. The third-order valence-corrected chi connectivity index (χ3v) is 6.57. The van der Waals surface area contributed by atoms with Crippen molar-refractivity contribution in [3.8, 4) is 5.75 Å². The molecule has 0 saturated carbocycles. The molecule has 0 amide bonds. The lowest BCUT2D eigenvalue weighted by Gasteiger charge is -2.09. The standard InChI is InChI=1S/C13H13BrFNO3S2/c1-3-19-11-5-4-9(7-10(11)15)16-21(17,18)12-6-8(2)13(14)20-12/h4-7,16H,3H2,1-2H3. The van der Waals surface area contributed by atoms with Gasteiger partial charge in [-0.2, -0.15) is 0 Å². The molecule has 8 heteroatoms. The number of benzene rings is 1. The highest BCUT2D eigenvalue weighted by molar-refractivity contribution is 9.11. The van der Waals surface area contributed by atoms with Crippen molar-refractivity contribution >= 4 is 43.0 Å². The summed E-state index contributed by atoms with van der Waals surface area (Å²) >= 11 is 4.39. The molecule has 0 aliphatic rings. The van der Waals surface area contributed by atoms with Gasteiger partial charge in [-0.3, -0.25) is 4.72 Å². The van der Waals surface area contributed by atoms with Gasteiger partial charge in [-0.1, -0.05) is 0 Å². The molecule has 1 N–H and O–H groups in total. The number of nitrogens with one attached hydrogen (secondary N) is 1. The van der Waals surface area contributed by atoms with E-state index in [2.05, 4.69) is 20.7 Å². The Labute approximate surface area is 135 Å². The second kappa shape index (κ2) is 6.33. The summed E-state index contributed by atoms with van der Waals surface area (Å²) in [6.45, 7) is 3.88. The van der Waals surface area contributed by atoms with Crippen LogP contribution in [0.25, 0.3) is 0 Å². The first-order chi connectivity index (χ1) is 9.83. The molecule has 2 rings (SSSR count). The highest BCUT2D eigenvalue weighted by Gasteiger charge is 2.19. The van der Waals surface area contributed by atoms with E-state index in [1.165, 1.54) is 12.1 Å². The molecule has 2 aromatic rings. The average molecular weight is 394 g/mol. The molecule has 1 aromatic heterocycles. The number of anilines is 1. The number of sulfonamides is 1. The third-order valence-electron chi connectivity index (χ3n) is 2.58. The van der Waals surface area contributed by atoms with Crippen molar-refractivity contribution in [3.05, 3.63) is 39.4 Å². The number of hydrogen-bond donors (Lipinski definition) is 1. The van der Waals surface area contributed by atoms with Gasteiger partial charge in [0.25, 0.3) is 10.0 Å². The van der Waals surface area contributed by atoms with Crippen molar-refractivity contribution in [1.82, 2.24) is 0 Å². The fraction of sp³-hybridized carbons (Fsp3) is 0.231. The minimum absolute atomic E-state index is 0.0927. The van der Waals surface area contributed by atoms with E-state index in [0.717, 1.165) is 26.8 Å². The molecule has 114 valence electrons. The summed E-state index contributed by atoms with van der Waals surface area (Å²) in [6, 6.07) is 5.51. The maximum absolute atomic E-state index is 13.7. The Kier molecular flexibility index (Phi) is 4.90. The fourth-order valence-electron chi connectivity index (χ4n) is 1.61. The van der Waals surface area contributed by atoms with Crippen LogP contribution in [0.15, 0.2) is 32.3 Å². The third kappa shape index (κ3) is 3.75. The van der Waals surface area contributed by atoms with Crippen LogP contribution in [-0.2, 0) is 10.0 Å². The summed E-state index contributed by atoms with van der Waals surface area (Å²) in [5, 5.41) is 0. The summed E-state index contributed by atoms with van der Waals surface area (Å²) in [7, 11) is -3.73. The molecule has 0 radical (unpaired) electrons. The van der Waals surface area contributed by atoms with Gasteiger partial charge in [0.05, 0.1) is 16.1 Å². The second-order valence-electron chi connectivity index (χ2n) is 4.21. The molecular weight excluding hydrogens is 381 g/mol. The summed E-state index contributed by atoms with van der Waals surface area (Å²) in [5.74, 6) is -0.518. The molecule has 0 bridgehead atoms. The summed E-state index contributed by atoms with van der Waals surface area (Å²) in [5.41, 5.74) is 0.983. The number of aryl methyl sites for hydroxylation is 1. The van der Waals surface area contributed by atoms with Gasteiger partial charge >= 0.3 is 0 Å². The predicted octanol–water partition coefficient (Wildman–Crippen LogP) is 4.16. The van der Waals surface area contributed by atoms with Crippen molar-refractivity contribution in [2.75, 3.05) is 11.3 Å². The summed E-state index contributed by atoms with van der Waals surface area (Å²) < 4.78 is 46.5. The van der Waals surface area contributed by atoms with Gasteiger partial charge in [-0.05, 0) is 53.5 Å². The van der Waals surface area contributed by atoms with Crippen molar-refractivity contribution in [1.29, 1.82) is 0 Å². The Morgan fingerprint density at radius 1 is 1.38 bits per heavy atom. The van der Waals surface area contributed by atoms with E-state index in [1.807, 2.05) is 0 Å². The first kappa shape index (κ1) is 16.3. The van der Waals surface area contributed by atoms with Crippen molar-refractivity contribution < 1.29 is 17.5 Å². The molecule has 0 aliphatic heterocycles. The van der Waals surface area contributed by atoms with Crippen molar-refractivity contribution in [2.24, 2.45) is 0 Å². The Balaban J connectivity index is 2.26. The van der Waals surface area contributed by atoms with E-state index in [1.54, 1.807) is 19.9 Å². The molecule has 0 spiro atoms. The largest absolute Gasteiger partial charge is 0.491 e. The van der Waals surface area contributed by atoms with Crippen LogP contribution < -0.4 is 9.46 Å². The molecule has 21 heavy (non-hydrogen) atoms. The van der Waals surface area contributed by atoms with Crippen LogP contribution in [0.2, 0.25) is 0 Å². The van der Waals surface area contributed by atoms with Crippen LogP contribution in [0.3, 0.4) is 0 Å². The van der Waals surface area contributed by atoms with Crippen LogP contribution in [-0.4, -0.2) is 15.0 Å². The van der Waals surface area contributed by atoms with Gasteiger partial charge < -0.3 is 4.74 Å². The van der Waals surface area contributed by atoms with Gasteiger partial charge in [-0.25, -0.2) is 12.8 Å². The second-order valence-corrected chi connectivity index (χ2v) is 8.49. The molecule has 0 unspecified atom stereocenters. The number of thiophene rings is 1. The normalized spacial score (nSPS) is 11.4. The van der Waals surface area contributed by atoms with Gasteiger partial charge in [0, 0.05) is 6.07 Å². The molecule has 0 fully saturated rings. The van der Waals surface area contributed by atoms with Crippen LogP contribution in [0.5, 0.6) is 5.75 Å². The van der Waals surface area contributed by atoms with Gasteiger partial charge in [0.15, 0.2) is 11.6 Å². The Bertz CT molecular complexity index is 739. The Hall–Kier alpha value is -1.12. The lowest BCUT2D eigenvalue weighted by atomic mass is 10.3. The highest BCUT2D eigenvalue weighted by Crippen LogP contribution is 2.32. The SMILES string of the molecule is CCOc1ccc(NS(=O)(=O)c2cc(C)c(Br)s2)cc1F. The minimum Gasteiger partial charge on any atom is -0.491 e. The Morgan fingerprint density at radius 2 is 2.10 bits per heavy atom. The maximum Gasteiger partial charge on any atom is 0.271 e. The smallest absolute Gasteiger partial charge is 0.271 e. The maximum atomic E-state index is 13.7. The zero-order chi connectivity index (χ0) is 15.6. The number of hydrogen-bond acceptors (Lipinski definition) is 4. The topological polar surface area (TPSA) is 55.4 Å². The molecule has 1 aromatic carbocycles. The first-order valence-corrected chi connectivity index (χ1v) is 9.14. The lowest BCUT2D eigenvalue weighted by Crippen LogP contribution is -2.11. The van der Waals surface area contributed by atoms with E-state index < -0.39 is 15.8 Å². The zero-order valence-corrected chi connectivity index (χ0v) is 14.5.